The molecule has 1 N–H and O–H groups in total. The maximum absolute atomic E-state index is 4.34. The fraction of sp³-hybridized carbons (Fsp3) is 0. The van der Waals surface area contributed by atoms with Gasteiger partial charge in [-0.1, -0.05) is 18.2 Å². The maximum Gasteiger partial charge on any atom is 0.0708 e. The lowest BCUT2D eigenvalue weighted by Crippen LogP contribution is -1.79. The molecule has 2 aromatic heterocycles. The van der Waals surface area contributed by atoms with Gasteiger partial charge < -0.3 is 4.98 Å². The van der Waals surface area contributed by atoms with Gasteiger partial charge in [-0.3, -0.25) is 4.98 Å². The summed E-state index contributed by atoms with van der Waals surface area (Å²) in [6.45, 7) is 0. The summed E-state index contributed by atoms with van der Waals surface area (Å²) in [5.41, 5.74) is 3.43. The van der Waals surface area contributed by atoms with Crippen LogP contribution in [0.2, 0.25) is 0 Å². The van der Waals surface area contributed by atoms with E-state index >= 15 is 0 Å². The van der Waals surface area contributed by atoms with Crippen LogP contribution in [0.3, 0.4) is 0 Å². The number of H-pyrrole nitrogens is 1. The highest BCUT2D eigenvalue weighted by atomic mass is 14.6. The van der Waals surface area contributed by atoms with E-state index in [4.69, 9.17) is 0 Å². The van der Waals surface area contributed by atoms with Gasteiger partial charge in [0, 0.05) is 24.0 Å². The van der Waals surface area contributed by atoms with Crippen molar-refractivity contribution in [1.82, 2.24) is 9.97 Å². The van der Waals surface area contributed by atoms with Crippen LogP contribution >= 0.6 is 0 Å². The van der Waals surface area contributed by atoms with E-state index in [2.05, 4.69) is 40.3 Å². The van der Waals surface area contributed by atoms with Crippen molar-refractivity contribution in [3.05, 3.63) is 55.0 Å². The van der Waals surface area contributed by atoms with Crippen molar-refractivity contribution in [2.24, 2.45) is 0 Å². The molecule has 0 aliphatic carbocycles. The highest BCUT2D eigenvalue weighted by Crippen LogP contribution is 2.22. The summed E-state index contributed by atoms with van der Waals surface area (Å²) in [7, 11) is 0. The van der Waals surface area contributed by atoms with Crippen LogP contribution in [-0.2, 0) is 0 Å². The number of aromatic nitrogens is 2. The van der Waals surface area contributed by atoms with Crippen molar-refractivity contribution < 1.29 is 0 Å². The van der Waals surface area contributed by atoms with Gasteiger partial charge in [0.15, 0.2) is 0 Å². The fourth-order valence-corrected chi connectivity index (χ4v) is 1.75. The van der Waals surface area contributed by atoms with Crippen LogP contribution < -0.4 is 0 Å². The van der Waals surface area contributed by atoms with Crippen LogP contribution in [0.5, 0.6) is 0 Å². The predicted molar refractivity (Wildman–Crippen MR) is 61.5 cm³/mol. The lowest BCUT2D eigenvalue weighted by molar-refractivity contribution is 1.41. The molecule has 0 saturated carbocycles. The molecule has 0 aliphatic rings. The molecule has 0 radical (unpaired) electrons. The van der Waals surface area contributed by atoms with Crippen LogP contribution in [0.1, 0.15) is 0 Å². The predicted octanol–water partition coefficient (Wildman–Crippen LogP) is 3.23. The average Bonchev–Trinajstić information content (AvgIpc) is 2.82. The molecule has 15 heavy (non-hydrogen) atoms. The number of aromatic amines is 1. The van der Waals surface area contributed by atoms with Crippen LogP contribution in [0.25, 0.3) is 22.0 Å². The molecular weight excluding hydrogens is 184 g/mol. The number of nitrogens with one attached hydrogen (secondary N) is 1. The Bertz CT molecular complexity index is 582. The molecule has 0 unspecified atom stereocenters. The van der Waals surface area contributed by atoms with Gasteiger partial charge in [0.25, 0.3) is 0 Å². The lowest BCUT2D eigenvalue weighted by atomic mass is 10.1. The molecule has 3 rings (SSSR count). The smallest absolute Gasteiger partial charge is 0.0708 e. The summed E-state index contributed by atoms with van der Waals surface area (Å²) in [6.07, 6.45) is 5.74. The minimum Gasteiger partial charge on any atom is -0.367 e. The molecule has 1 aromatic carbocycles. The van der Waals surface area contributed by atoms with E-state index < -0.39 is 0 Å². The second-order valence-corrected chi connectivity index (χ2v) is 3.51. The number of fused-ring (bicyclic) bond motifs is 1. The number of pyridine rings is 1. The monoisotopic (exact) mass is 194 g/mol. The third-order valence-corrected chi connectivity index (χ3v) is 2.54. The minimum absolute atomic E-state index is 1.04. The summed E-state index contributed by atoms with van der Waals surface area (Å²) in [5, 5.41) is 1.18. The zero-order chi connectivity index (χ0) is 10.1. The Morgan fingerprint density at radius 3 is 2.87 bits per heavy atom. The van der Waals surface area contributed by atoms with E-state index in [1.807, 2.05) is 24.7 Å². The quantitative estimate of drug-likeness (QED) is 0.633. The molecular formula is C13H10N2. The highest BCUT2D eigenvalue weighted by Gasteiger charge is 1.99. The van der Waals surface area contributed by atoms with E-state index in [1.165, 1.54) is 16.5 Å². The van der Waals surface area contributed by atoms with Crippen LogP contribution in [0, 0.1) is 0 Å². The Morgan fingerprint density at radius 1 is 1.00 bits per heavy atom. The summed E-state index contributed by atoms with van der Waals surface area (Å²) >= 11 is 0. The molecule has 3 aromatic rings. The molecule has 0 amide bonds. The first-order chi connectivity index (χ1) is 7.43. The van der Waals surface area contributed by atoms with Gasteiger partial charge in [-0.05, 0) is 29.3 Å². The van der Waals surface area contributed by atoms with Crippen LogP contribution in [-0.4, -0.2) is 9.97 Å². The summed E-state index contributed by atoms with van der Waals surface area (Å²) in [5.74, 6) is 0. The number of hydrogen-bond acceptors (Lipinski definition) is 1. The average molecular weight is 194 g/mol. The lowest BCUT2D eigenvalue weighted by Gasteiger charge is -2.00. The number of rotatable bonds is 1. The molecule has 0 bridgehead atoms. The first-order valence-corrected chi connectivity index (χ1v) is 4.91. The number of benzene rings is 1. The van der Waals surface area contributed by atoms with Crippen molar-refractivity contribution in [2.75, 3.05) is 0 Å². The van der Waals surface area contributed by atoms with Crippen molar-refractivity contribution in [1.29, 1.82) is 0 Å². The molecule has 2 heterocycles. The zero-order valence-electron chi connectivity index (χ0n) is 8.14. The normalized spacial score (nSPS) is 10.7. The van der Waals surface area contributed by atoms with Gasteiger partial charge in [0.1, 0.15) is 0 Å². The molecule has 0 fully saturated rings. The standard InChI is InChI=1S/C13H10N2/c1-2-10-3-4-11(8-13(10)15-6-1)12-5-7-14-9-12/h1-9,14H. The van der Waals surface area contributed by atoms with Gasteiger partial charge >= 0.3 is 0 Å². The number of hydrogen-bond donors (Lipinski definition) is 1. The third kappa shape index (κ3) is 1.40. The van der Waals surface area contributed by atoms with Crippen molar-refractivity contribution >= 4 is 10.9 Å². The summed E-state index contributed by atoms with van der Waals surface area (Å²) < 4.78 is 0. The van der Waals surface area contributed by atoms with E-state index in [1.54, 1.807) is 0 Å². The SMILES string of the molecule is c1cnc2cc(-c3cc[nH]c3)ccc2c1. The Balaban J connectivity index is 2.22. The molecule has 0 aliphatic heterocycles. The van der Waals surface area contributed by atoms with E-state index in [-0.39, 0.29) is 0 Å². The molecule has 0 atom stereocenters. The first kappa shape index (κ1) is 8.24. The van der Waals surface area contributed by atoms with Gasteiger partial charge in [0.2, 0.25) is 0 Å². The molecule has 72 valence electrons. The second kappa shape index (κ2) is 3.24. The number of nitrogens with zero attached hydrogens (tertiary/aromatic N) is 1. The largest absolute Gasteiger partial charge is 0.367 e. The maximum atomic E-state index is 4.34. The van der Waals surface area contributed by atoms with E-state index in [0.717, 1.165) is 5.52 Å². The topological polar surface area (TPSA) is 28.7 Å². The zero-order valence-corrected chi connectivity index (χ0v) is 8.14. The Labute approximate surface area is 87.6 Å². The van der Waals surface area contributed by atoms with Gasteiger partial charge in [0.05, 0.1) is 5.52 Å². The Morgan fingerprint density at radius 2 is 2.00 bits per heavy atom. The van der Waals surface area contributed by atoms with Crippen LogP contribution in [0.4, 0.5) is 0 Å². The molecule has 0 saturated heterocycles. The Hall–Kier alpha value is -2.09. The molecule has 2 nitrogen and oxygen atoms in total. The van der Waals surface area contributed by atoms with Crippen molar-refractivity contribution in [3.8, 4) is 11.1 Å². The van der Waals surface area contributed by atoms with Gasteiger partial charge in [-0.25, -0.2) is 0 Å². The van der Waals surface area contributed by atoms with Gasteiger partial charge in [-0.2, -0.15) is 0 Å². The summed E-state index contributed by atoms with van der Waals surface area (Å²) in [4.78, 5) is 7.40. The first-order valence-electron chi connectivity index (χ1n) is 4.91. The van der Waals surface area contributed by atoms with E-state index in [9.17, 15) is 0 Å². The van der Waals surface area contributed by atoms with Gasteiger partial charge in [-0.15, -0.1) is 0 Å². The summed E-state index contributed by atoms with van der Waals surface area (Å²) in [6, 6.07) is 12.4. The Kier molecular flexibility index (Phi) is 1.78. The molecule has 0 spiro atoms. The highest BCUT2D eigenvalue weighted by molar-refractivity contribution is 5.83. The van der Waals surface area contributed by atoms with E-state index in [0.29, 0.717) is 0 Å². The minimum atomic E-state index is 1.04. The fourth-order valence-electron chi connectivity index (χ4n) is 1.75. The molecule has 2 heteroatoms. The van der Waals surface area contributed by atoms with Crippen molar-refractivity contribution in [2.45, 2.75) is 0 Å². The third-order valence-electron chi connectivity index (χ3n) is 2.54. The van der Waals surface area contributed by atoms with Crippen molar-refractivity contribution in [3.63, 3.8) is 0 Å². The van der Waals surface area contributed by atoms with Crippen LogP contribution in [0.15, 0.2) is 55.0 Å². The second-order valence-electron chi connectivity index (χ2n) is 3.51.